The van der Waals surface area contributed by atoms with Crippen molar-refractivity contribution < 1.29 is 13.9 Å². The van der Waals surface area contributed by atoms with E-state index in [1.54, 1.807) is 31.1 Å². The second-order valence-corrected chi connectivity index (χ2v) is 6.00. The highest BCUT2D eigenvalue weighted by atomic mass is 19.1. The van der Waals surface area contributed by atoms with Gasteiger partial charge in [-0.3, -0.25) is 0 Å². The minimum Gasteiger partial charge on any atom is -0.385 e. The van der Waals surface area contributed by atoms with E-state index in [2.05, 4.69) is 5.32 Å². The number of benzene rings is 2. The van der Waals surface area contributed by atoms with Crippen LogP contribution in [0.4, 0.5) is 14.9 Å². The molecule has 134 valence electrons. The van der Waals surface area contributed by atoms with Gasteiger partial charge >= 0.3 is 6.03 Å². The third kappa shape index (κ3) is 6.19. The number of anilines is 1. The molecule has 2 aromatic carbocycles. The van der Waals surface area contributed by atoms with Gasteiger partial charge in [-0.1, -0.05) is 30.3 Å². The monoisotopic (exact) mass is 344 g/mol. The summed E-state index contributed by atoms with van der Waals surface area (Å²) in [5.74, 6) is -0.279. The van der Waals surface area contributed by atoms with Crippen molar-refractivity contribution in [1.29, 1.82) is 0 Å². The number of carbonyl (C=O) groups is 1. The molecule has 0 fully saturated rings. The quantitative estimate of drug-likeness (QED) is 0.711. The van der Waals surface area contributed by atoms with Crippen molar-refractivity contribution in [3.05, 3.63) is 65.5 Å². The molecule has 0 heterocycles. The van der Waals surface area contributed by atoms with Crippen LogP contribution < -0.4 is 5.32 Å². The van der Waals surface area contributed by atoms with Crippen LogP contribution >= 0.6 is 0 Å². The molecule has 5 heteroatoms. The molecule has 0 spiro atoms. The van der Waals surface area contributed by atoms with Crippen LogP contribution in [0.2, 0.25) is 0 Å². The van der Waals surface area contributed by atoms with Crippen LogP contribution in [-0.2, 0) is 11.3 Å². The molecule has 0 bridgehead atoms. The smallest absolute Gasteiger partial charge is 0.322 e. The van der Waals surface area contributed by atoms with Crippen molar-refractivity contribution in [2.75, 3.05) is 25.6 Å². The van der Waals surface area contributed by atoms with Crippen LogP contribution in [0.1, 0.15) is 24.0 Å². The number of ether oxygens (including phenoxy) is 1. The molecule has 0 aromatic heterocycles. The molecule has 2 amide bonds. The molecular formula is C20H25FN2O2. The summed E-state index contributed by atoms with van der Waals surface area (Å²) < 4.78 is 18.5. The second-order valence-electron chi connectivity index (χ2n) is 6.00. The van der Waals surface area contributed by atoms with Crippen LogP contribution in [0.15, 0.2) is 48.5 Å². The first-order valence-corrected chi connectivity index (χ1v) is 8.45. The van der Waals surface area contributed by atoms with Crippen LogP contribution in [0.3, 0.4) is 0 Å². The van der Waals surface area contributed by atoms with Crippen LogP contribution in [0, 0.1) is 12.7 Å². The van der Waals surface area contributed by atoms with E-state index in [1.807, 2.05) is 30.3 Å². The molecule has 0 atom stereocenters. The van der Waals surface area contributed by atoms with Gasteiger partial charge in [0.1, 0.15) is 5.82 Å². The summed E-state index contributed by atoms with van der Waals surface area (Å²) in [5.41, 5.74) is 2.17. The van der Waals surface area contributed by atoms with Crippen molar-refractivity contribution in [3.63, 3.8) is 0 Å². The molecule has 2 aromatic rings. The van der Waals surface area contributed by atoms with Crippen molar-refractivity contribution in [2.24, 2.45) is 0 Å². The van der Waals surface area contributed by atoms with E-state index in [9.17, 15) is 9.18 Å². The third-order valence-electron chi connectivity index (χ3n) is 3.94. The molecule has 0 saturated carbocycles. The zero-order valence-corrected chi connectivity index (χ0v) is 14.8. The number of methoxy groups -OCH3 is 1. The van der Waals surface area contributed by atoms with Crippen molar-refractivity contribution >= 4 is 11.7 Å². The summed E-state index contributed by atoms with van der Waals surface area (Å²) in [5, 5.41) is 2.86. The zero-order chi connectivity index (χ0) is 18.1. The number of rotatable bonds is 8. The Labute approximate surface area is 148 Å². The second kappa shape index (κ2) is 9.79. The summed E-state index contributed by atoms with van der Waals surface area (Å²) in [6.45, 7) is 3.51. The predicted molar refractivity (Wildman–Crippen MR) is 98.1 cm³/mol. The molecular weight excluding hydrogens is 319 g/mol. The standard InChI is InChI=1S/C20H25FN2O2/c1-16-14-18(10-11-19(16)21)22-20(24)23(12-6-7-13-25-2)15-17-8-4-3-5-9-17/h3-5,8-11,14H,6-7,12-13,15H2,1-2H3,(H,22,24). The Bertz CT molecular complexity index is 677. The molecule has 0 aliphatic heterocycles. The third-order valence-corrected chi connectivity index (χ3v) is 3.94. The molecule has 0 aliphatic rings. The van der Waals surface area contributed by atoms with Crippen LogP contribution in [0.5, 0.6) is 0 Å². The number of halogens is 1. The minimum absolute atomic E-state index is 0.188. The summed E-state index contributed by atoms with van der Waals surface area (Å²) in [6.07, 6.45) is 1.75. The van der Waals surface area contributed by atoms with Gasteiger partial charge in [0, 0.05) is 32.5 Å². The molecule has 1 N–H and O–H groups in total. The van der Waals surface area contributed by atoms with Gasteiger partial charge in [-0.15, -0.1) is 0 Å². The maximum atomic E-state index is 13.4. The van der Waals surface area contributed by atoms with E-state index in [-0.39, 0.29) is 11.8 Å². The topological polar surface area (TPSA) is 41.6 Å². The van der Waals surface area contributed by atoms with Crippen LogP contribution in [-0.4, -0.2) is 31.2 Å². The largest absolute Gasteiger partial charge is 0.385 e. The first-order valence-electron chi connectivity index (χ1n) is 8.45. The number of unbranched alkanes of at least 4 members (excludes halogenated alkanes) is 1. The lowest BCUT2D eigenvalue weighted by molar-refractivity contribution is 0.182. The van der Waals surface area contributed by atoms with E-state index in [4.69, 9.17) is 4.74 Å². The molecule has 4 nitrogen and oxygen atoms in total. The Kier molecular flexibility index (Phi) is 7.41. The number of nitrogens with zero attached hydrogens (tertiary/aromatic N) is 1. The lowest BCUT2D eigenvalue weighted by Crippen LogP contribution is -2.35. The molecule has 0 radical (unpaired) electrons. The van der Waals surface area contributed by atoms with E-state index < -0.39 is 0 Å². The van der Waals surface area contributed by atoms with Gasteiger partial charge in [0.2, 0.25) is 0 Å². The molecule has 25 heavy (non-hydrogen) atoms. The molecule has 0 aliphatic carbocycles. The zero-order valence-electron chi connectivity index (χ0n) is 14.8. The lowest BCUT2D eigenvalue weighted by atomic mass is 10.2. The van der Waals surface area contributed by atoms with Gasteiger partial charge in [0.25, 0.3) is 0 Å². The predicted octanol–water partition coefficient (Wildman–Crippen LogP) is 4.59. The highest BCUT2D eigenvalue weighted by molar-refractivity contribution is 5.89. The number of amides is 2. The summed E-state index contributed by atoms with van der Waals surface area (Å²) >= 11 is 0. The Hall–Kier alpha value is -2.40. The molecule has 2 rings (SSSR count). The van der Waals surface area contributed by atoms with Gasteiger partial charge in [-0.25, -0.2) is 9.18 Å². The number of hydrogen-bond acceptors (Lipinski definition) is 2. The van der Waals surface area contributed by atoms with Crippen LogP contribution in [0.25, 0.3) is 0 Å². The van der Waals surface area contributed by atoms with Gasteiger partial charge in [0.15, 0.2) is 0 Å². The fourth-order valence-corrected chi connectivity index (χ4v) is 2.53. The van der Waals surface area contributed by atoms with E-state index >= 15 is 0 Å². The molecule has 0 saturated heterocycles. The Morgan fingerprint density at radius 2 is 1.92 bits per heavy atom. The highest BCUT2D eigenvalue weighted by Gasteiger charge is 2.14. The molecule has 0 unspecified atom stereocenters. The summed E-state index contributed by atoms with van der Waals surface area (Å²) in [7, 11) is 1.67. The first-order chi connectivity index (χ1) is 12.1. The van der Waals surface area contributed by atoms with Gasteiger partial charge in [-0.05, 0) is 49.1 Å². The van der Waals surface area contributed by atoms with Gasteiger partial charge in [-0.2, -0.15) is 0 Å². The highest BCUT2D eigenvalue weighted by Crippen LogP contribution is 2.15. The number of nitrogens with one attached hydrogen (secondary N) is 1. The number of urea groups is 1. The Balaban J connectivity index is 2.03. The lowest BCUT2D eigenvalue weighted by Gasteiger charge is -2.23. The Morgan fingerprint density at radius 3 is 2.60 bits per heavy atom. The maximum Gasteiger partial charge on any atom is 0.322 e. The van der Waals surface area contributed by atoms with Crippen molar-refractivity contribution in [3.8, 4) is 0 Å². The van der Waals surface area contributed by atoms with Crippen molar-refractivity contribution in [1.82, 2.24) is 4.90 Å². The summed E-state index contributed by atoms with van der Waals surface area (Å²) in [6, 6.07) is 14.3. The fraction of sp³-hybridized carbons (Fsp3) is 0.350. The van der Waals surface area contributed by atoms with E-state index in [1.165, 1.54) is 6.07 Å². The maximum absolute atomic E-state index is 13.4. The first kappa shape index (κ1) is 18.9. The minimum atomic E-state index is -0.279. The number of aryl methyl sites for hydroxylation is 1. The average Bonchev–Trinajstić information content (AvgIpc) is 2.61. The van der Waals surface area contributed by atoms with E-state index in [0.717, 1.165) is 18.4 Å². The SMILES string of the molecule is COCCCCN(Cc1ccccc1)C(=O)Nc1ccc(F)c(C)c1. The van der Waals surface area contributed by atoms with Gasteiger partial charge in [0.05, 0.1) is 0 Å². The average molecular weight is 344 g/mol. The number of carbonyl (C=O) groups excluding carboxylic acids is 1. The Morgan fingerprint density at radius 1 is 1.16 bits per heavy atom. The normalized spacial score (nSPS) is 10.5. The van der Waals surface area contributed by atoms with Gasteiger partial charge < -0.3 is 15.0 Å². The number of hydrogen-bond donors (Lipinski definition) is 1. The summed E-state index contributed by atoms with van der Waals surface area (Å²) in [4.78, 5) is 14.4. The van der Waals surface area contributed by atoms with Crippen molar-refractivity contribution in [2.45, 2.75) is 26.3 Å². The van der Waals surface area contributed by atoms with E-state index in [0.29, 0.717) is 30.9 Å². The fourth-order valence-electron chi connectivity index (χ4n) is 2.53.